The van der Waals surface area contributed by atoms with Crippen molar-refractivity contribution in [3.8, 4) is 22.9 Å². The normalized spacial score (nSPS) is 18.2. The van der Waals surface area contributed by atoms with E-state index in [4.69, 9.17) is 14.0 Å². The first-order valence-corrected chi connectivity index (χ1v) is 10.4. The Labute approximate surface area is 179 Å². The molecule has 1 atom stereocenters. The SMILES string of the molecule is CCc1nc(-c2ccc(N3CCN(C(=O)C4COc5ccccc5O4)CC3)nc2)no1. The summed E-state index contributed by atoms with van der Waals surface area (Å²) in [5.74, 6) is 3.26. The number of para-hydroxylation sites is 2. The molecule has 4 heterocycles. The van der Waals surface area contributed by atoms with Crippen molar-refractivity contribution in [2.75, 3.05) is 37.7 Å². The van der Waals surface area contributed by atoms with Crippen LogP contribution in [-0.4, -0.2) is 64.8 Å². The Balaban J connectivity index is 1.18. The second kappa shape index (κ2) is 8.25. The molecular formula is C22H23N5O4. The highest BCUT2D eigenvalue weighted by atomic mass is 16.6. The predicted molar refractivity (Wildman–Crippen MR) is 112 cm³/mol. The van der Waals surface area contributed by atoms with Crippen LogP contribution in [0.1, 0.15) is 12.8 Å². The summed E-state index contributed by atoms with van der Waals surface area (Å²) >= 11 is 0. The highest BCUT2D eigenvalue weighted by Gasteiger charge is 2.32. The molecule has 1 saturated heterocycles. The van der Waals surface area contributed by atoms with E-state index in [0.29, 0.717) is 55.8 Å². The van der Waals surface area contributed by atoms with E-state index in [9.17, 15) is 4.79 Å². The fourth-order valence-electron chi connectivity index (χ4n) is 3.72. The molecule has 0 bridgehead atoms. The van der Waals surface area contributed by atoms with Gasteiger partial charge in [-0.1, -0.05) is 24.2 Å². The minimum Gasteiger partial charge on any atom is -0.485 e. The van der Waals surface area contributed by atoms with Gasteiger partial charge < -0.3 is 23.8 Å². The first kappa shape index (κ1) is 19.3. The Bertz CT molecular complexity index is 1060. The van der Waals surface area contributed by atoms with Gasteiger partial charge in [0.15, 0.2) is 11.5 Å². The number of hydrogen-bond donors (Lipinski definition) is 0. The van der Waals surface area contributed by atoms with Crippen molar-refractivity contribution >= 4 is 11.7 Å². The minimum atomic E-state index is -0.609. The second-order valence-electron chi connectivity index (χ2n) is 7.45. The summed E-state index contributed by atoms with van der Waals surface area (Å²) in [7, 11) is 0. The monoisotopic (exact) mass is 421 g/mol. The molecule has 160 valence electrons. The lowest BCUT2D eigenvalue weighted by atomic mass is 10.2. The maximum Gasteiger partial charge on any atom is 0.267 e. The molecule has 0 aliphatic carbocycles. The van der Waals surface area contributed by atoms with Crippen LogP contribution in [0.2, 0.25) is 0 Å². The predicted octanol–water partition coefficient (Wildman–Crippen LogP) is 2.18. The van der Waals surface area contributed by atoms with E-state index in [1.54, 1.807) is 6.20 Å². The quantitative estimate of drug-likeness (QED) is 0.633. The molecule has 1 amide bonds. The van der Waals surface area contributed by atoms with Crippen LogP contribution in [0.15, 0.2) is 47.1 Å². The van der Waals surface area contributed by atoms with Gasteiger partial charge in [0.2, 0.25) is 17.8 Å². The lowest BCUT2D eigenvalue weighted by molar-refractivity contribution is -0.141. The van der Waals surface area contributed by atoms with Crippen molar-refractivity contribution in [1.29, 1.82) is 0 Å². The molecule has 2 aliphatic rings. The lowest BCUT2D eigenvalue weighted by Gasteiger charge is -2.37. The average molecular weight is 421 g/mol. The molecular weight excluding hydrogens is 398 g/mol. The third-order valence-corrected chi connectivity index (χ3v) is 5.48. The Morgan fingerprint density at radius 2 is 1.90 bits per heavy atom. The number of carbonyl (C=O) groups excluding carboxylic acids is 1. The molecule has 2 aromatic heterocycles. The Morgan fingerprint density at radius 3 is 2.61 bits per heavy atom. The van der Waals surface area contributed by atoms with Crippen LogP contribution in [0.4, 0.5) is 5.82 Å². The van der Waals surface area contributed by atoms with Crippen molar-refractivity contribution in [2.45, 2.75) is 19.4 Å². The van der Waals surface area contributed by atoms with Crippen molar-refractivity contribution in [2.24, 2.45) is 0 Å². The fraction of sp³-hybridized carbons (Fsp3) is 0.364. The van der Waals surface area contributed by atoms with E-state index in [-0.39, 0.29) is 12.5 Å². The number of carbonyl (C=O) groups is 1. The first-order valence-electron chi connectivity index (χ1n) is 10.4. The van der Waals surface area contributed by atoms with Gasteiger partial charge >= 0.3 is 0 Å². The van der Waals surface area contributed by atoms with Crippen molar-refractivity contribution in [3.63, 3.8) is 0 Å². The molecule has 0 saturated carbocycles. The number of ether oxygens (including phenoxy) is 2. The number of pyridine rings is 1. The Hall–Kier alpha value is -3.62. The number of piperazine rings is 1. The largest absolute Gasteiger partial charge is 0.485 e. The Morgan fingerprint density at radius 1 is 1.10 bits per heavy atom. The maximum atomic E-state index is 12.9. The number of fused-ring (bicyclic) bond motifs is 1. The van der Waals surface area contributed by atoms with E-state index in [1.165, 1.54) is 0 Å². The van der Waals surface area contributed by atoms with Crippen LogP contribution in [0.5, 0.6) is 11.5 Å². The molecule has 1 fully saturated rings. The Kier molecular flexibility index (Phi) is 5.15. The first-order chi connectivity index (χ1) is 15.2. The maximum absolute atomic E-state index is 12.9. The number of aryl methyl sites for hydroxylation is 1. The van der Waals surface area contributed by atoms with Crippen molar-refractivity contribution < 1.29 is 18.8 Å². The van der Waals surface area contributed by atoms with Gasteiger partial charge in [0, 0.05) is 44.4 Å². The molecule has 0 spiro atoms. The summed E-state index contributed by atoms with van der Waals surface area (Å²) in [6.07, 6.45) is 1.84. The van der Waals surface area contributed by atoms with Gasteiger partial charge in [-0.25, -0.2) is 4.98 Å². The third kappa shape index (κ3) is 3.90. The van der Waals surface area contributed by atoms with Crippen LogP contribution in [-0.2, 0) is 11.2 Å². The summed E-state index contributed by atoms with van der Waals surface area (Å²) in [6.45, 7) is 4.81. The second-order valence-corrected chi connectivity index (χ2v) is 7.45. The van der Waals surface area contributed by atoms with Crippen LogP contribution in [0.3, 0.4) is 0 Å². The zero-order valence-electron chi connectivity index (χ0n) is 17.2. The number of hydrogen-bond acceptors (Lipinski definition) is 8. The minimum absolute atomic E-state index is 0.0405. The van der Waals surface area contributed by atoms with E-state index in [2.05, 4.69) is 20.0 Å². The van der Waals surface area contributed by atoms with Crippen molar-refractivity contribution in [3.05, 3.63) is 48.5 Å². The number of rotatable bonds is 4. The van der Waals surface area contributed by atoms with Crippen LogP contribution in [0.25, 0.3) is 11.4 Å². The summed E-state index contributed by atoms with van der Waals surface area (Å²) in [5.41, 5.74) is 0.816. The standard InChI is InChI=1S/C22H23N5O4/c1-2-20-24-21(25-31-20)15-7-8-19(23-13-15)26-9-11-27(12-10-26)22(28)18-14-29-16-5-3-4-6-17(16)30-18/h3-8,13,18H,2,9-12,14H2,1H3. The summed E-state index contributed by atoms with van der Waals surface area (Å²) in [4.78, 5) is 25.8. The molecule has 9 heteroatoms. The van der Waals surface area contributed by atoms with E-state index < -0.39 is 6.10 Å². The van der Waals surface area contributed by atoms with Crippen LogP contribution in [0, 0.1) is 0 Å². The fourth-order valence-corrected chi connectivity index (χ4v) is 3.72. The molecule has 2 aliphatic heterocycles. The molecule has 1 aromatic carbocycles. The number of aromatic nitrogens is 3. The zero-order chi connectivity index (χ0) is 21.2. The average Bonchev–Trinajstić information content (AvgIpc) is 3.33. The third-order valence-electron chi connectivity index (χ3n) is 5.48. The van der Waals surface area contributed by atoms with E-state index in [1.807, 2.05) is 48.2 Å². The van der Waals surface area contributed by atoms with Crippen molar-refractivity contribution in [1.82, 2.24) is 20.0 Å². The topological polar surface area (TPSA) is 93.8 Å². The number of benzene rings is 1. The lowest BCUT2D eigenvalue weighted by Crippen LogP contribution is -2.54. The van der Waals surface area contributed by atoms with E-state index in [0.717, 1.165) is 11.4 Å². The van der Waals surface area contributed by atoms with Gasteiger partial charge in [0.05, 0.1) is 0 Å². The van der Waals surface area contributed by atoms with Gasteiger partial charge in [-0.15, -0.1) is 0 Å². The summed E-state index contributed by atoms with van der Waals surface area (Å²) in [5, 5.41) is 3.98. The van der Waals surface area contributed by atoms with E-state index >= 15 is 0 Å². The van der Waals surface area contributed by atoms with Gasteiger partial charge in [-0.05, 0) is 24.3 Å². The number of nitrogens with zero attached hydrogens (tertiary/aromatic N) is 5. The van der Waals surface area contributed by atoms with Crippen LogP contribution >= 0.6 is 0 Å². The highest BCUT2D eigenvalue weighted by molar-refractivity contribution is 5.82. The molecule has 0 radical (unpaired) electrons. The van der Waals surface area contributed by atoms with Gasteiger partial charge in [0.1, 0.15) is 12.4 Å². The molecule has 31 heavy (non-hydrogen) atoms. The number of amides is 1. The number of anilines is 1. The van der Waals surface area contributed by atoms with Gasteiger partial charge in [0.25, 0.3) is 5.91 Å². The zero-order valence-corrected chi connectivity index (χ0v) is 17.2. The summed E-state index contributed by atoms with van der Waals surface area (Å²) in [6, 6.07) is 11.3. The van der Waals surface area contributed by atoms with Gasteiger partial charge in [-0.2, -0.15) is 4.98 Å². The highest BCUT2D eigenvalue weighted by Crippen LogP contribution is 2.31. The van der Waals surface area contributed by atoms with Crippen LogP contribution < -0.4 is 14.4 Å². The molecule has 5 rings (SSSR count). The summed E-state index contributed by atoms with van der Waals surface area (Å²) < 4.78 is 16.7. The van der Waals surface area contributed by atoms with Gasteiger partial charge in [-0.3, -0.25) is 4.79 Å². The smallest absolute Gasteiger partial charge is 0.267 e. The molecule has 3 aromatic rings. The molecule has 9 nitrogen and oxygen atoms in total. The molecule has 0 N–H and O–H groups in total. The molecule has 1 unspecified atom stereocenters.